The van der Waals surface area contributed by atoms with Gasteiger partial charge in [-0.3, -0.25) is 4.98 Å². The Morgan fingerprint density at radius 1 is 1.13 bits per heavy atom. The van der Waals surface area contributed by atoms with Gasteiger partial charge in [-0.25, -0.2) is 4.98 Å². The average molecular weight is 410 g/mol. The highest BCUT2D eigenvalue weighted by Gasteiger charge is 2.28. The highest BCUT2D eigenvalue weighted by molar-refractivity contribution is 5.82. The smallest absolute Gasteiger partial charge is 0.213 e. The molecule has 0 amide bonds. The van der Waals surface area contributed by atoms with E-state index < -0.39 is 0 Å². The second-order valence-corrected chi connectivity index (χ2v) is 9.05. The minimum Gasteiger partial charge on any atom is -0.478 e. The molecular formula is C25H35N3O2. The third-order valence-electron chi connectivity index (χ3n) is 6.13. The Hall–Kier alpha value is -2.43. The Labute approximate surface area is 180 Å². The standard InChI is InChI=1S/C25H35N3O2/c1-5-6-7-16-30-23-9-8-20(17-27-23)22-18-26-19(2)21(10-15-29)24(22)28-13-11-25(3,4)12-14-28/h8-9,15,17-18H,5-7,10-14,16H2,1-4H3. The van der Waals surface area contributed by atoms with Crippen molar-refractivity contribution in [2.45, 2.75) is 66.2 Å². The van der Waals surface area contributed by atoms with E-state index in [1.54, 1.807) is 0 Å². The van der Waals surface area contributed by atoms with Crippen molar-refractivity contribution in [3.05, 3.63) is 35.8 Å². The van der Waals surface area contributed by atoms with Crippen molar-refractivity contribution in [3.8, 4) is 17.0 Å². The summed E-state index contributed by atoms with van der Waals surface area (Å²) >= 11 is 0. The van der Waals surface area contributed by atoms with Crippen LogP contribution in [0.15, 0.2) is 24.5 Å². The number of carbonyl (C=O) groups excluding carboxylic acids is 1. The van der Waals surface area contributed by atoms with Gasteiger partial charge in [0, 0.05) is 60.4 Å². The number of unbranched alkanes of at least 4 members (excludes halogenated alkanes) is 2. The van der Waals surface area contributed by atoms with Crippen LogP contribution in [0.25, 0.3) is 11.1 Å². The van der Waals surface area contributed by atoms with Gasteiger partial charge in [0.15, 0.2) is 0 Å². The fourth-order valence-corrected chi connectivity index (χ4v) is 4.02. The zero-order valence-corrected chi connectivity index (χ0v) is 18.9. The maximum absolute atomic E-state index is 11.4. The van der Waals surface area contributed by atoms with Crippen LogP contribution in [0.2, 0.25) is 0 Å². The summed E-state index contributed by atoms with van der Waals surface area (Å²) in [6.45, 7) is 11.5. The van der Waals surface area contributed by atoms with E-state index in [-0.39, 0.29) is 0 Å². The number of ether oxygens (including phenoxy) is 1. The van der Waals surface area contributed by atoms with E-state index in [4.69, 9.17) is 4.74 Å². The van der Waals surface area contributed by atoms with E-state index in [0.29, 0.717) is 24.3 Å². The van der Waals surface area contributed by atoms with E-state index in [9.17, 15) is 4.79 Å². The van der Waals surface area contributed by atoms with E-state index in [1.807, 2.05) is 25.4 Å². The molecule has 1 aliphatic heterocycles. The number of aryl methyl sites for hydroxylation is 1. The fourth-order valence-electron chi connectivity index (χ4n) is 4.02. The number of piperidine rings is 1. The zero-order valence-electron chi connectivity index (χ0n) is 18.9. The Morgan fingerprint density at radius 3 is 2.53 bits per heavy atom. The molecule has 0 radical (unpaired) electrons. The molecule has 0 saturated carbocycles. The molecule has 0 spiro atoms. The van der Waals surface area contributed by atoms with Crippen LogP contribution < -0.4 is 9.64 Å². The van der Waals surface area contributed by atoms with Crippen molar-refractivity contribution in [1.82, 2.24) is 9.97 Å². The van der Waals surface area contributed by atoms with Crippen LogP contribution in [0.1, 0.15) is 64.1 Å². The molecule has 0 bridgehead atoms. The summed E-state index contributed by atoms with van der Waals surface area (Å²) in [6, 6.07) is 3.99. The van der Waals surface area contributed by atoms with Gasteiger partial charge in [-0.1, -0.05) is 33.6 Å². The van der Waals surface area contributed by atoms with Crippen LogP contribution in [0, 0.1) is 12.3 Å². The van der Waals surface area contributed by atoms with Crippen LogP contribution in [0.4, 0.5) is 5.69 Å². The van der Waals surface area contributed by atoms with Crippen LogP contribution in [-0.2, 0) is 11.2 Å². The SMILES string of the molecule is CCCCCOc1ccc(-c2cnc(C)c(CC=O)c2N2CCC(C)(C)CC2)cn1. The number of anilines is 1. The molecular weight excluding hydrogens is 374 g/mol. The van der Waals surface area contributed by atoms with Gasteiger partial charge >= 0.3 is 0 Å². The molecule has 2 aromatic heterocycles. The summed E-state index contributed by atoms with van der Waals surface area (Å²) < 4.78 is 5.77. The van der Waals surface area contributed by atoms with E-state index in [0.717, 1.165) is 66.7 Å². The number of pyridine rings is 2. The van der Waals surface area contributed by atoms with Gasteiger partial charge in [0.25, 0.3) is 0 Å². The Kier molecular flexibility index (Phi) is 7.46. The molecule has 30 heavy (non-hydrogen) atoms. The van der Waals surface area contributed by atoms with Crippen molar-refractivity contribution in [3.63, 3.8) is 0 Å². The molecule has 5 heteroatoms. The van der Waals surface area contributed by atoms with E-state index in [1.165, 1.54) is 12.8 Å². The van der Waals surface area contributed by atoms with Crippen molar-refractivity contribution in [1.29, 1.82) is 0 Å². The van der Waals surface area contributed by atoms with E-state index >= 15 is 0 Å². The number of hydrogen-bond donors (Lipinski definition) is 0. The largest absolute Gasteiger partial charge is 0.478 e. The maximum atomic E-state index is 11.4. The van der Waals surface area contributed by atoms with Gasteiger partial charge in [-0.05, 0) is 37.7 Å². The summed E-state index contributed by atoms with van der Waals surface area (Å²) in [4.78, 5) is 23.0. The monoisotopic (exact) mass is 409 g/mol. The molecule has 162 valence electrons. The summed E-state index contributed by atoms with van der Waals surface area (Å²) in [5.74, 6) is 0.657. The number of hydrogen-bond acceptors (Lipinski definition) is 5. The highest BCUT2D eigenvalue weighted by atomic mass is 16.5. The minimum atomic E-state index is 0.363. The highest BCUT2D eigenvalue weighted by Crippen LogP contribution is 2.39. The second kappa shape index (κ2) is 10.1. The average Bonchev–Trinajstić information content (AvgIpc) is 2.74. The number of carbonyl (C=O) groups is 1. The van der Waals surface area contributed by atoms with Crippen molar-refractivity contribution < 1.29 is 9.53 Å². The molecule has 1 aliphatic rings. The quantitative estimate of drug-likeness (QED) is 0.411. The van der Waals surface area contributed by atoms with Gasteiger partial charge in [-0.15, -0.1) is 0 Å². The molecule has 0 aromatic carbocycles. The van der Waals surface area contributed by atoms with Crippen LogP contribution in [0.5, 0.6) is 5.88 Å². The van der Waals surface area contributed by atoms with E-state index in [2.05, 4.69) is 41.7 Å². The number of aldehydes is 1. The number of aromatic nitrogens is 2. The molecule has 1 fully saturated rings. The van der Waals surface area contributed by atoms with Gasteiger partial charge in [-0.2, -0.15) is 0 Å². The Morgan fingerprint density at radius 2 is 1.90 bits per heavy atom. The summed E-state index contributed by atoms with van der Waals surface area (Å²) in [5, 5.41) is 0. The first kappa shape index (κ1) is 22.3. The molecule has 2 aromatic rings. The molecule has 0 atom stereocenters. The summed E-state index contributed by atoms with van der Waals surface area (Å²) in [6.07, 6.45) is 10.8. The second-order valence-electron chi connectivity index (χ2n) is 9.05. The van der Waals surface area contributed by atoms with Gasteiger partial charge in [0.2, 0.25) is 5.88 Å². The molecule has 0 aliphatic carbocycles. The normalized spacial score (nSPS) is 15.8. The molecule has 3 rings (SSSR count). The third-order valence-corrected chi connectivity index (χ3v) is 6.13. The van der Waals surface area contributed by atoms with Crippen molar-refractivity contribution >= 4 is 12.0 Å². The number of rotatable bonds is 9. The first-order valence-electron chi connectivity index (χ1n) is 11.2. The Balaban J connectivity index is 1.90. The molecule has 0 unspecified atom stereocenters. The topological polar surface area (TPSA) is 55.3 Å². The maximum Gasteiger partial charge on any atom is 0.213 e. The predicted molar refractivity (Wildman–Crippen MR) is 122 cm³/mol. The van der Waals surface area contributed by atoms with Crippen molar-refractivity contribution in [2.75, 3.05) is 24.6 Å². The van der Waals surface area contributed by atoms with Crippen LogP contribution in [0.3, 0.4) is 0 Å². The summed E-state index contributed by atoms with van der Waals surface area (Å²) in [5.41, 5.74) is 5.51. The van der Waals surface area contributed by atoms with Crippen molar-refractivity contribution in [2.24, 2.45) is 5.41 Å². The lowest BCUT2D eigenvalue weighted by Crippen LogP contribution is -2.38. The molecule has 0 N–H and O–H groups in total. The third kappa shape index (κ3) is 5.38. The lowest BCUT2D eigenvalue weighted by molar-refractivity contribution is -0.107. The number of nitrogens with zero attached hydrogens (tertiary/aromatic N) is 3. The van der Waals surface area contributed by atoms with Gasteiger partial charge in [0.1, 0.15) is 6.29 Å². The van der Waals surface area contributed by atoms with Gasteiger partial charge < -0.3 is 14.4 Å². The first-order valence-corrected chi connectivity index (χ1v) is 11.2. The Bertz CT molecular complexity index is 836. The minimum absolute atomic E-state index is 0.363. The van der Waals surface area contributed by atoms with Crippen LogP contribution in [-0.4, -0.2) is 36.0 Å². The lowest BCUT2D eigenvalue weighted by atomic mass is 9.82. The fraction of sp³-hybridized carbons (Fsp3) is 0.560. The first-order chi connectivity index (χ1) is 14.4. The molecule has 3 heterocycles. The zero-order chi connectivity index (χ0) is 21.6. The molecule has 5 nitrogen and oxygen atoms in total. The lowest BCUT2D eigenvalue weighted by Gasteiger charge is -2.40. The van der Waals surface area contributed by atoms with Gasteiger partial charge in [0.05, 0.1) is 12.3 Å². The predicted octanol–water partition coefficient (Wildman–Crippen LogP) is 5.39. The summed E-state index contributed by atoms with van der Waals surface area (Å²) in [7, 11) is 0. The molecule has 1 saturated heterocycles. The van der Waals surface area contributed by atoms with Crippen LogP contribution >= 0.6 is 0 Å².